The normalized spacial score (nSPS) is 11.3. The van der Waals surface area contributed by atoms with E-state index < -0.39 is 6.36 Å². The summed E-state index contributed by atoms with van der Waals surface area (Å²) in [5.74, 6) is -0.134. The lowest BCUT2D eigenvalue weighted by molar-refractivity contribution is -0.274. The van der Waals surface area contributed by atoms with E-state index in [9.17, 15) is 13.2 Å². The first kappa shape index (κ1) is 13.1. The average Bonchev–Trinajstić information content (AvgIpc) is 2.17. The Labute approximate surface area is 98.2 Å². The molecule has 0 aliphatic rings. The molecule has 0 atom stereocenters. The summed E-state index contributed by atoms with van der Waals surface area (Å²) in [6.07, 6.45) is -4.72. The van der Waals surface area contributed by atoms with Gasteiger partial charge >= 0.3 is 6.36 Å². The Morgan fingerprint density at radius 3 is 2.56 bits per heavy atom. The SMILES string of the molecule is COCOc1cc(OC(F)(F)F)ccc1Br. The summed E-state index contributed by atoms with van der Waals surface area (Å²) in [6.45, 7) is -0.0614. The Balaban J connectivity index is 2.81. The molecule has 7 heteroatoms. The smallest absolute Gasteiger partial charge is 0.466 e. The molecular weight excluding hydrogens is 293 g/mol. The maximum absolute atomic E-state index is 11.9. The minimum atomic E-state index is -4.72. The van der Waals surface area contributed by atoms with Crippen molar-refractivity contribution in [1.29, 1.82) is 0 Å². The molecule has 0 aliphatic heterocycles. The highest BCUT2D eigenvalue weighted by molar-refractivity contribution is 9.10. The van der Waals surface area contributed by atoms with Crippen molar-refractivity contribution < 1.29 is 27.4 Å². The Kier molecular flexibility index (Phi) is 4.43. The van der Waals surface area contributed by atoms with Crippen molar-refractivity contribution >= 4 is 15.9 Å². The van der Waals surface area contributed by atoms with Crippen molar-refractivity contribution in [3.63, 3.8) is 0 Å². The fourth-order valence-corrected chi connectivity index (χ4v) is 1.27. The Morgan fingerprint density at radius 1 is 1.31 bits per heavy atom. The van der Waals surface area contributed by atoms with Crippen LogP contribution in [0.5, 0.6) is 11.5 Å². The third-order valence-corrected chi connectivity index (χ3v) is 2.12. The zero-order valence-corrected chi connectivity index (χ0v) is 9.76. The molecule has 0 bridgehead atoms. The molecule has 16 heavy (non-hydrogen) atoms. The highest BCUT2D eigenvalue weighted by Gasteiger charge is 2.31. The molecule has 0 N–H and O–H groups in total. The van der Waals surface area contributed by atoms with Gasteiger partial charge in [0.15, 0.2) is 6.79 Å². The first-order chi connectivity index (χ1) is 7.42. The van der Waals surface area contributed by atoms with Crippen LogP contribution in [-0.2, 0) is 4.74 Å². The van der Waals surface area contributed by atoms with Crippen LogP contribution in [0.2, 0.25) is 0 Å². The van der Waals surface area contributed by atoms with Gasteiger partial charge in [0.05, 0.1) is 4.47 Å². The molecule has 1 aromatic rings. The molecule has 0 fully saturated rings. The van der Waals surface area contributed by atoms with E-state index in [4.69, 9.17) is 4.74 Å². The number of hydrogen-bond donors (Lipinski definition) is 0. The van der Waals surface area contributed by atoms with Crippen molar-refractivity contribution in [1.82, 2.24) is 0 Å². The van der Waals surface area contributed by atoms with Crippen LogP contribution in [-0.4, -0.2) is 20.3 Å². The predicted molar refractivity (Wildman–Crippen MR) is 53.3 cm³/mol. The zero-order chi connectivity index (χ0) is 12.2. The van der Waals surface area contributed by atoms with Crippen LogP contribution in [0.1, 0.15) is 0 Å². The van der Waals surface area contributed by atoms with Crippen LogP contribution in [0.4, 0.5) is 13.2 Å². The van der Waals surface area contributed by atoms with Crippen molar-refractivity contribution in [2.75, 3.05) is 13.9 Å². The molecule has 0 saturated carbocycles. The van der Waals surface area contributed by atoms with Gasteiger partial charge in [-0.2, -0.15) is 0 Å². The topological polar surface area (TPSA) is 27.7 Å². The lowest BCUT2D eigenvalue weighted by Crippen LogP contribution is -2.17. The molecule has 1 aromatic carbocycles. The molecule has 0 unspecified atom stereocenters. The number of rotatable bonds is 4. The second-order valence-corrected chi connectivity index (χ2v) is 3.55. The third-order valence-electron chi connectivity index (χ3n) is 1.47. The van der Waals surface area contributed by atoms with Gasteiger partial charge in [0, 0.05) is 13.2 Å². The van der Waals surface area contributed by atoms with Crippen molar-refractivity contribution in [2.45, 2.75) is 6.36 Å². The number of alkyl halides is 3. The van der Waals surface area contributed by atoms with E-state index in [2.05, 4.69) is 25.4 Å². The van der Waals surface area contributed by atoms with Crippen molar-refractivity contribution in [3.05, 3.63) is 22.7 Å². The zero-order valence-electron chi connectivity index (χ0n) is 8.18. The minimum absolute atomic E-state index is 0.0614. The van der Waals surface area contributed by atoms with Crippen LogP contribution >= 0.6 is 15.9 Å². The molecule has 0 aromatic heterocycles. The van der Waals surface area contributed by atoms with Crippen LogP contribution < -0.4 is 9.47 Å². The number of halogens is 4. The second-order valence-electron chi connectivity index (χ2n) is 2.69. The van der Waals surface area contributed by atoms with Crippen molar-refractivity contribution in [2.24, 2.45) is 0 Å². The van der Waals surface area contributed by atoms with Gasteiger partial charge in [-0.25, -0.2) is 0 Å². The summed E-state index contributed by atoms with van der Waals surface area (Å²) in [4.78, 5) is 0. The van der Waals surface area contributed by atoms with Gasteiger partial charge in [0.1, 0.15) is 11.5 Å². The van der Waals surface area contributed by atoms with Gasteiger partial charge in [-0.05, 0) is 28.1 Å². The van der Waals surface area contributed by atoms with E-state index in [0.29, 0.717) is 4.47 Å². The number of ether oxygens (including phenoxy) is 3. The maximum atomic E-state index is 11.9. The molecule has 0 heterocycles. The summed E-state index contributed by atoms with van der Waals surface area (Å²) in [7, 11) is 1.41. The molecule has 0 aliphatic carbocycles. The molecule has 3 nitrogen and oxygen atoms in total. The summed E-state index contributed by atoms with van der Waals surface area (Å²) < 4.78 is 49.7. The maximum Gasteiger partial charge on any atom is 0.573 e. The van der Waals surface area contributed by atoms with E-state index in [0.717, 1.165) is 6.07 Å². The summed E-state index contributed by atoms with van der Waals surface area (Å²) in [5, 5.41) is 0. The minimum Gasteiger partial charge on any atom is -0.466 e. The van der Waals surface area contributed by atoms with Gasteiger partial charge in [-0.1, -0.05) is 0 Å². The van der Waals surface area contributed by atoms with Crippen LogP contribution in [0.25, 0.3) is 0 Å². The van der Waals surface area contributed by atoms with Gasteiger partial charge < -0.3 is 14.2 Å². The standard InChI is InChI=1S/C9H8BrF3O3/c1-14-5-15-8-4-6(2-3-7(8)10)16-9(11,12)13/h2-4H,5H2,1H3. The second kappa shape index (κ2) is 5.40. The van der Waals surface area contributed by atoms with E-state index in [1.165, 1.54) is 19.2 Å². The molecule has 0 spiro atoms. The lowest BCUT2D eigenvalue weighted by atomic mass is 10.3. The fourth-order valence-electron chi connectivity index (χ4n) is 0.914. The number of benzene rings is 1. The Bertz CT molecular complexity index is 354. The molecule has 0 radical (unpaired) electrons. The van der Waals surface area contributed by atoms with Gasteiger partial charge in [-0.3, -0.25) is 0 Å². The molecule has 0 saturated heterocycles. The summed E-state index contributed by atoms with van der Waals surface area (Å²) in [6, 6.07) is 3.69. The molecular formula is C9H8BrF3O3. The van der Waals surface area contributed by atoms with Crippen LogP contribution in [0, 0.1) is 0 Å². The van der Waals surface area contributed by atoms with E-state index in [-0.39, 0.29) is 18.3 Å². The van der Waals surface area contributed by atoms with Gasteiger partial charge in [0.2, 0.25) is 0 Å². The van der Waals surface area contributed by atoms with Gasteiger partial charge in [0.25, 0.3) is 0 Å². The Morgan fingerprint density at radius 2 is 2.00 bits per heavy atom. The monoisotopic (exact) mass is 300 g/mol. The largest absolute Gasteiger partial charge is 0.573 e. The quantitative estimate of drug-likeness (QED) is 0.798. The van der Waals surface area contributed by atoms with Gasteiger partial charge in [-0.15, -0.1) is 13.2 Å². The third kappa shape index (κ3) is 4.28. The number of methoxy groups -OCH3 is 1. The van der Waals surface area contributed by atoms with E-state index >= 15 is 0 Å². The van der Waals surface area contributed by atoms with E-state index in [1.807, 2.05) is 0 Å². The fraction of sp³-hybridized carbons (Fsp3) is 0.333. The first-order valence-corrected chi connectivity index (χ1v) is 4.88. The first-order valence-electron chi connectivity index (χ1n) is 4.09. The summed E-state index contributed by atoms with van der Waals surface area (Å²) >= 11 is 3.12. The van der Waals surface area contributed by atoms with Crippen LogP contribution in [0.3, 0.4) is 0 Å². The van der Waals surface area contributed by atoms with Crippen LogP contribution in [0.15, 0.2) is 22.7 Å². The highest BCUT2D eigenvalue weighted by Crippen LogP contribution is 2.32. The summed E-state index contributed by atoms with van der Waals surface area (Å²) in [5.41, 5.74) is 0. The molecule has 0 amide bonds. The molecule has 1 rings (SSSR count). The molecule has 90 valence electrons. The predicted octanol–water partition coefficient (Wildman–Crippen LogP) is 3.33. The van der Waals surface area contributed by atoms with Crippen molar-refractivity contribution in [3.8, 4) is 11.5 Å². The average molecular weight is 301 g/mol. The lowest BCUT2D eigenvalue weighted by Gasteiger charge is -2.11. The van der Waals surface area contributed by atoms with E-state index in [1.54, 1.807) is 0 Å². The highest BCUT2D eigenvalue weighted by atomic mass is 79.9. The Hall–Kier alpha value is -0.950. The number of hydrogen-bond acceptors (Lipinski definition) is 3.